The van der Waals surface area contributed by atoms with Crippen molar-refractivity contribution in [1.82, 2.24) is 4.98 Å². The largest absolute Gasteiger partial charge is 0.431 e. The van der Waals surface area contributed by atoms with Crippen molar-refractivity contribution in [3.05, 3.63) is 40.9 Å². The molecule has 75 valence electrons. The summed E-state index contributed by atoms with van der Waals surface area (Å²) in [5, 5.41) is 20.8. The first-order chi connectivity index (χ1) is 7.81. The van der Waals surface area contributed by atoms with Crippen LogP contribution in [0, 0.1) is 28.0 Å². The van der Waals surface area contributed by atoms with E-state index in [9.17, 15) is 0 Å². The predicted octanol–water partition coefficient (Wildman–Crippen LogP) is 2.48. The van der Waals surface area contributed by atoms with Crippen molar-refractivity contribution in [2.24, 2.45) is 0 Å². The van der Waals surface area contributed by atoms with E-state index in [2.05, 4.69) is 10.4 Å². The highest BCUT2D eigenvalue weighted by atomic mass is 32.1. The van der Waals surface area contributed by atoms with Crippen LogP contribution in [0.5, 0.6) is 10.9 Å². The van der Waals surface area contributed by atoms with Crippen LogP contribution in [0.2, 0.25) is 0 Å². The summed E-state index contributed by atoms with van der Waals surface area (Å²) in [7, 11) is 0. The number of nitrogens with zero attached hydrogens (tertiary/aromatic N) is 3. The molecule has 1 aromatic heterocycles. The molecule has 1 heterocycles. The van der Waals surface area contributed by atoms with Gasteiger partial charge in [0, 0.05) is 0 Å². The first kappa shape index (κ1) is 10.2. The van der Waals surface area contributed by atoms with Crippen molar-refractivity contribution in [1.29, 1.82) is 10.5 Å². The van der Waals surface area contributed by atoms with Gasteiger partial charge in [0.25, 0.3) is 5.19 Å². The maximum absolute atomic E-state index is 8.77. The summed E-state index contributed by atoms with van der Waals surface area (Å²) in [6.07, 6.45) is 1.50. The number of ether oxygens (including phenoxy) is 1. The summed E-state index contributed by atoms with van der Waals surface area (Å²) in [5.41, 5.74) is 0.768. The van der Waals surface area contributed by atoms with E-state index in [-0.39, 0.29) is 0 Å². The minimum atomic E-state index is 0.384. The summed E-state index contributed by atoms with van der Waals surface area (Å²) < 4.78 is 5.38. The van der Waals surface area contributed by atoms with Crippen molar-refractivity contribution >= 4 is 11.3 Å². The van der Waals surface area contributed by atoms with Gasteiger partial charge in [-0.15, -0.1) is 0 Å². The molecule has 0 saturated heterocycles. The molecule has 0 aliphatic carbocycles. The van der Waals surface area contributed by atoms with E-state index in [1.54, 1.807) is 12.1 Å². The van der Waals surface area contributed by atoms with E-state index in [1.165, 1.54) is 23.6 Å². The highest BCUT2D eigenvalue weighted by Gasteiger charge is 2.04. The molecule has 1 radical (unpaired) electrons. The molecule has 0 atom stereocenters. The summed E-state index contributed by atoms with van der Waals surface area (Å²) in [6, 6.07) is 8.55. The molecule has 4 nitrogen and oxygen atoms in total. The van der Waals surface area contributed by atoms with E-state index in [4.69, 9.17) is 15.3 Å². The van der Waals surface area contributed by atoms with E-state index in [1.807, 2.05) is 12.1 Å². The Morgan fingerprint density at radius 3 is 2.38 bits per heavy atom. The SMILES string of the molecule is N#Cc1cc(C#N)cc(Oc2nc[c]s2)c1. The van der Waals surface area contributed by atoms with E-state index in [0.717, 1.165) is 0 Å². The second-order valence-electron chi connectivity index (χ2n) is 2.82. The molecule has 0 fully saturated rings. The zero-order valence-corrected chi connectivity index (χ0v) is 8.78. The van der Waals surface area contributed by atoms with Gasteiger partial charge in [-0.25, -0.2) is 4.98 Å². The summed E-state index contributed by atoms with van der Waals surface area (Å²) in [5.74, 6) is 0.430. The Hall–Kier alpha value is -2.37. The molecule has 0 unspecified atom stereocenters. The van der Waals surface area contributed by atoms with Crippen molar-refractivity contribution in [2.45, 2.75) is 0 Å². The maximum Gasteiger partial charge on any atom is 0.279 e. The second-order valence-corrected chi connectivity index (χ2v) is 3.60. The van der Waals surface area contributed by atoms with Crippen LogP contribution in [0.1, 0.15) is 11.1 Å². The Morgan fingerprint density at radius 2 is 1.88 bits per heavy atom. The second kappa shape index (κ2) is 4.43. The molecular formula is C11H4N3OS. The highest BCUT2D eigenvalue weighted by molar-refractivity contribution is 7.10. The van der Waals surface area contributed by atoms with Gasteiger partial charge in [0.1, 0.15) is 5.75 Å². The lowest BCUT2D eigenvalue weighted by molar-refractivity contribution is 0.478. The third-order valence-electron chi connectivity index (χ3n) is 1.74. The normalized spacial score (nSPS) is 9.12. The molecule has 0 aliphatic heterocycles. The van der Waals surface area contributed by atoms with Gasteiger partial charge in [0.2, 0.25) is 0 Å². The number of hydrogen-bond donors (Lipinski definition) is 0. The summed E-state index contributed by atoms with van der Waals surface area (Å²) in [4.78, 5) is 3.90. The van der Waals surface area contributed by atoms with Gasteiger partial charge in [-0.05, 0) is 18.2 Å². The van der Waals surface area contributed by atoms with Gasteiger partial charge in [-0.3, -0.25) is 0 Å². The number of aromatic nitrogens is 1. The Labute approximate surface area is 96.0 Å². The molecule has 1 aromatic carbocycles. The van der Waals surface area contributed by atoms with Crippen LogP contribution < -0.4 is 4.74 Å². The molecule has 0 amide bonds. The highest BCUT2D eigenvalue weighted by Crippen LogP contribution is 2.24. The number of hydrogen-bond acceptors (Lipinski definition) is 5. The van der Waals surface area contributed by atoms with Gasteiger partial charge in [0.05, 0.1) is 34.8 Å². The fourth-order valence-electron chi connectivity index (χ4n) is 1.12. The third kappa shape index (κ3) is 2.17. The first-order valence-electron chi connectivity index (χ1n) is 4.27. The molecular weight excluding hydrogens is 222 g/mol. The predicted molar refractivity (Wildman–Crippen MR) is 56.9 cm³/mol. The number of benzene rings is 1. The van der Waals surface area contributed by atoms with Crippen molar-refractivity contribution in [3.63, 3.8) is 0 Å². The van der Waals surface area contributed by atoms with Crippen LogP contribution in [0.25, 0.3) is 0 Å². The van der Waals surface area contributed by atoms with Crippen molar-refractivity contribution in [3.8, 4) is 23.1 Å². The lowest BCUT2D eigenvalue weighted by Gasteiger charge is -2.02. The van der Waals surface area contributed by atoms with Crippen LogP contribution in [0.3, 0.4) is 0 Å². The molecule has 0 spiro atoms. The topological polar surface area (TPSA) is 69.7 Å². The maximum atomic E-state index is 8.77. The first-order valence-corrected chi connectivity index (χ1v) is 5.08. The zero-order valence-electron chi connectivity index (χ0n) is 7.97. The zero-order chi connectivity index (χ0) is 11.4. The molecule has 0 bridgehead atoms. The van der Waals surface area contributed by atoms with Crippen LogP contribution in [0.15, 0.2) is 24.4 Å². The minimum absolute atomic E-state index is 0.384. The monoisotopic (exact) mass is 226 g/mol. The number of rotatable bonds is 2. The van der Waals surface area contributed by atoms with Crippen molar-refractivity contribution in [2.75, 3.05) is 0 Å². The molecule has 5 heteroatoms. The van der Waals surface area contributed by atoms with Gasteiger partial charge in [0.15, 0.2) is 0 Å². The van der Waals surface area contributed by atoms with Gasteiger partial charge < -0.3 is 4.74 Å². The smallest absolute Gasteiger partial charge is 0.279 e. The van der Waals surface area contributed by atoms with E-state index < -0.39 is 0 Å². The standard InChI is InChI=1S/C11H4N3OS/c12-6-8-3-9(7-13)5-10(4-8)15-11-14-1-2-16-11/h1,3-5H. The lowest BCUT2D eigenvalue weighted by atomic mass is 10.1. The molecule has 2 aromatic rings. The Bertz CT molecular complexity index is 546. The van der Waals surface area contributed by atoms with Gasteiger partial charge >= 0.3 is 0 Å². The number of nitriles is 2. The van der Waals surface area contributed by atoms with Crippen LogP contribution in [-0.2, 0) is 0 Å². The third-order valence-corrected chi connectivity index (χ3v) is 2.33. The fraction of sp³-hybridized carbons (Fsp3) is 0. The fourth-order valence-corrected chi connectivity index (χ4v) is 1.57. The average Bonchev–Trinajstić information content (AvgIpc) is 2.81. The van der Waals surface area contributed by atoms with E-state index >= 15 is 0 Å². The molecule has 2 rings (SSSR count). The quantitative estimate of drug-likeness (QED) is 0.788. The molecule has 16 heavy (non-hydrogen) atoms. The van der Waals surface area contributed by atoms with Crippen LogP contribution >= 0.6 is 11.3 Å². The lowest BCUT2D eigenvalue weighted by Crippen LogP contribution is -1.86. The van der Waals surface area contributed by atoms with Gasteiger partial charge in [-0.2, -0.15) is 10.5 Å². The number of thiazole rings is 1. The van der Waals surface area contributed by atoms with E-state index in [0.29, 0.717) is 22.1 Å². The molecule has 0 aliphatic rings. The summed E-state index contributed by atoms with van der Waals surface area (Å²) >= 11 is 1.22. The average molecular weight is 226 g/mol. The Morgan fingerprint density at radius 1 is 1.19 bits per heavy atom. The van der Waals surface area contributed by atoms with Crippen LogP contribution in [0.4, 0.5) is 0 Å². The van der Waals surface area contributed by atoms with Crippen LogP contribution in [-0.4, -0.2) is 4.98 Å². The molecule has 0 N–H and O–H groups in total. The minimum Gasteiger partial charge on any atom is -0.431 e. The van der Waals surface area contributed by atoms with Crippen molar-refractivity contribution < 1.29 is 4.74 Å². The van der Waals surface area contributed by atoms with Gasteiger partial charge in [-0.1, -0.05) is 11.3 Å². The summed E-state index contributed by atoms with van der Waals surface area (Å²) in [6.45, 7) is 0. The Kier molecular flexibility index (Phi) is 2.81. The molecule has 0 saturated carbocycles. The Balaban J connectivity index is 2.35.